The van der Waals surface area contributed by atoms with Crippen molar-refractivity contribution in [3.05, 3.63) is 0 Å². The van der Waals surface area contributed by atoms with E-state index < -0.39 is 54.1 Å². The number of aliphatic hydroxyl groups excluding tert-OH is 1. The Balaban J connectivity index is 1.88. The van der Waals surface area contributed by atoms with E-state index in [4.69, 9.17) is 18.9 Å². The number of cyclic esters (lactones) is 1. The largest absolute Gasteiger partial charge is 0.463 e. The highest BCUT2D eigenvalue weighted by Crippen LogP contribution is 2.38. The first-order valence-corrected chi connectivity index (χ1v) is 16.2. The van der Waals surface area contributed by atoms with Crippen LogP contribution >= 0.6 is 0 Å². The molecule has 3 rings (SSSR count). The number of aliphatic hydroxyl groups is 1. The molecule has 3 aliphatic rings. The molecule has 0 aliphatic carbocycles. The fourth-order valence-corrected chi connectivity index (χ4v) is 7.32. The van der Waals surface area contributed by atoms with Gasteiger partial charge in [0, 0.05) is 25.1 Å². The summed E-state index contributed by atoms with van der Waals surface area (Å²) in [6.45, 7) is 8.92. The molecule has 0 bridgehead atoms. The van der Waals surface area contributed by atoms with Crippen LogP contribution in [0, 0.1) is 17.3 Å². The van der Waals surface area contributed by atoms with Crippen molar-refractivity contribution in [2.75, 3.05) is 61.0 Å². The molecule has 0 radical (unpaired) electrons. The minimum atomic E-state index is -4.25. The van der Waals surface area contributed by atoms with Crippen LogP contribution in [-0.2, 0) is 28.5 Å². The molecular formula is C32H56F3N3O7. The van der Waals surface area contributed by atoms with Crippen LogP contribution in [0.4, 0.5) is 13.2 Å². The molecule has 0 aromatic rings. The summed E-state index contributed by atoms with van der Waals surface area (Å²) in [5.41, 5.74) is -2.51. The van der Waals surface area contributed by atoms with Crippen LogP contribution in [0.3, 0.4) is 0 Å². The molecule has 262 valence electrons. The number of likely N-dealkylation sites (tertiary alicyclic amines) is 1. The average Bonchev–Trinajstić information content (AvgIpc) is 2.95. The number of likely N-dealkylation sites (N-methyl/N-ethyl adjacent to an activating group) is 2. The number of hydrogen-bond acceptors (Lipinski definition) is 10. The van der Waals surface area contributed by atoms with E-state index >= 15 is 0 Å². The Morgan fingerprint density at radius 1 is 1.09 bits per heavy atom. The molecule has 8 atom stereocenters. The van der Waals surface area contributed by atoms with Crippen molar-refractivity contribution >= 4 is 11.8 Å². The van der Waals surface area contributed by atoms with E-state index in [-0.39, 0.29) is 36.5 Å². The molecule has 0 spiro atoms. The van der Waals surface area contributed by atoms with Gasteiger partial charge in [0.2, 0.25) is 0 Å². The fourth-order valence-electron chi connectivity index (χ4n) is 7.32. The molecule has 0 aromatic heterocycles. The summed E-state index contributed by atoms with van der Waals surface area (Å²) >= 11 is 0. The van der Waals surface area contributed by atoms with Crippen LogP contribution in [0.5, 0.6) is 0 Å². The van der Waals surface area contributed by atoms with E-state index in [1.165, 1.54) is 4.90 Å². The number of alkyl halides is 3. The first-order chi connectivity index (χ1) is 20.8. The minimum absolute atomic E-state index is 0.0246. The number of rotatable bonds is 6. The molecule has 3 heterocycles. The molecule has 3 aliphatic heterocycles. The molecule has 13 heteroatoms. The highest BCUT2D eigenvalue weighted by molar-refractivity contribution is 6.04. The Kier molecular flexibility index (Phi) is 12.9. The maximum Gasteiger partial charge on any atom is 0.401 e. The molecule has 10 nitrogen and oxygen atoms in total. The zero-order valence-corrected chi connectivity index (χ0v) is 28.6. The van der Waals surface area contributed by atoms with Crippen LogP contribution in [0.2, 0.25) is 0 Å². The Hall–Kier alpha value is -1.35. The standard InChI is InChI=1S/C32H56F3N3O7/c1-20-17-23(36(6)7)25(39)28(44-20)45-27-21(2)26(40)30(3,4)29(41)43-18-24(37(8)14-10-13-31(27,5)42-9)22-11-15-38(16-12-22)19-32(33,34)35/h20-25,27-28,39H,10-19H2,1-9H3/t20-,21+,23+,24?,25-,27-,28+,31-/m1/s1. The molecule has 45 heavy (non-hydrogen) atoms. The van der Waals surface area contributed by atoms with Crippen LogP contribution < -0.4 is 0 Å². The zero-order chi connectivity index (χ0) is 33.9. The number of carbonyl (C=O) groups excluding carboxylic acids is 2. The maximum atomic E-state index is 14.1. The minimum Gasteiger partial charge on any atom is -0.463 e. The van der Waals surface area contributed by atoms with Gasteiger partial charge >= 0.3 is 12.1 Å². The predicted molar refractivity (Wildman–Crippen MR) is 163 cm³/mol. The Morgan fingerprint density at radius 3 is 2.27 bits per heavy atom. The lowest BCUT2D eigenvalue weighted by molar-refractivity contribution is -0.295. The van der Waals surface area contributed by atoms with Gasteiger partial charge in [-0.05, 0) is 106 Å². The maximum absolute atomic E-state index is 14.1. The molecule has 3 saturated heterocycles. The second-order valence-corrected chi connectivity index (χ2v) is 14.4. The number of ketones is 1. The summed E-state index contributed by atoms with van der Waals surface area (Å²) in [5.74, 6) is -1.85. The van der Waals surface area contributed by atoms with Crippen molar-refractivity contribution in [2.24, 2.45) is 17.3 Å². The van der Waals surface area contributed by atoms with Crippen LogP contribution in [0.25, 0.3) is 0 Å². The number of piperidine rings is 1. The van der Waals surface area contributed by atoms with E-state index in [9.17, 15) is 27.9 Å². The van der Waals surface area contributed by atoms with Gasteiger partial charge in [-0.25, -0.2) is 0 Å². The van der Waals surface area contributed by atoms with Crippen LogP contribution in [-0.4, -0.2) is 141 Å². The van der Waals surface area contributed by atoms with Gasteiger partial charge < -0.3 is 29.0 Å². The zero-order valence-electron chi connectivity index (χ0n) is 28.6. The Morgan fingerprint density at radius 2 is 1.71 bits per heavy atom. The topological polar surface area (TPSA) is 101 Å². The van der Waals surface area contributed by atoms with Gasteiger partial charge in [0.1, 0.15) is 18.1 Å². The van der Waals surface area contributed by atoms with E-state index in [0.29, 0.717) is 51.7 Å². The van der Waals surface area contributed by atoms with E-state index in [1.807, 2.05) is 39.9 Å². The Labute approximate surface area is 266 Å². The van der Waals surface area contributed by atoms with Crippen molar-refractivity contribution < 1.29 is 46.8 Å². The third kappa shape index (κ3) is 9.39. The first-order valence-electron chi connectivity index (χ1n) is 16.2. The molecule has 1 unspecified atom stereocenters. The second-order valence-electron chi connectivity index (χ2n) is 14.4. The van der Waals surface area contributed by atoms with Gasteiger partial charge in [-0.2, -0.15) is 13.2 Å². The summed E-state index contributed by atoms with van der Waals surface area (Å²) in [6, 6.07) is -0.437. The predicted octanol–water partition coefficient (Wildman–Crippen LogP) is 3.35. The number of esters is 1. The summed E-state index contributed by atoms with van der Waals surface area (Å²) in [4.78, 5) is 33.1. The lowest BCUT2D eigenvalue weighted by Crippen LogP contribution is -2.59. The molecule has 0 saturated carbocycles. The van der Waals surface area contributed by atoms with E-state index in [2.05, 4.69) is 4.90 Å². The Bertz CT molecular complexity index is 992. The summed E-state index contributed by atoms with van der Waals surface area (Å²) in [7, 11) is 7.27. The van der Waals surface area contributed by atoms with E-state index in [1.54, 1.807) is 27.9 Å². The second kappa shape index (κ2) is 15.3. The molecule has 0 aromatic carbocycles. The third-order valence-corrected chi connectivity index (χ3v) is 10.3. The van der Waals surface area contributed by atoms with Crippen molar-refractivity contribution in [2.45, 2.75) is 115 Å². The average molecular weight is 652 g/mol. The van der Waals surface area contributed by atoms with Gasteiger partial charge in [0.05, 0.1) is 24.4 Å². The van der Waals surface area contributed by atoms with Crippen LogP contribution in [0.15, 0.2) is 0 Å². The number of hydrogen-bond donors (Lipinski definition) is 1. The highest BCUT2D eigenvalue weighted by atomic mass is 19.4. The number of Topliss-reactive ketones (excluding diaryl/α,β-unsaturated/α-hetero) is 1. The molecule has 3 fully saturated rings. The van der Waals surface area contributed by atoms with Crippen LogP contribution in [0.1, 0.15) is 66.7 Å². The SMILES string of the molecule is CO[C@]1(C)CCCN(C)C(C2CCN(CC(F)(F)F)CC2)COC(=O)C(C)(C)C(=O)[C@H](C)[C@H]1O[C@@H]1O[C@H](C)C[C@H](N(C)C)[C@H]1O. The lowest BCUT2D eigenvalue weighted by atomic mass is 9.75. The van der Waals surface area contributed by atoms with Gasteiger partial charge in [0.15, 0.2) is 12.1 Å². The number of nitrogens with zero attached hydrogens (tertiary/aromatic N) is 3. The number of carbonyl (C=O) groups is 2. The summed E-state index contributed by atoms with van der Waals surface area (Å²) in [5, 5.41) is 11.2. The van der Waals surface area contributed by atoms with Crippen molar-refractivity contribution in [1.82, 2.24) is 14.7 Å². The molecule has 1 N–H and O–H groups in total. The highest BCUT2D eigenvalue weighted by Gasteiger charge is 2.51. The quantitative estimate of drug-likeness (QED) is 0.340. The monoisotopic (exact) mass is 651 g/mol. The van der Waals surface area contributed by atoms with Crippen molar-refractivity contribution in [1.29, 1.82) is 0 Å². The molecule has 0 amide bonds. The van der Waals surface area contributed by atoms with Gasteiger partial charge in [0.25, 0.3) is 0 Å². The fraction of sp³-hybridized carbons (Fsp3) is 0.938. The van der Waals surface area contributed by atoms with Crippen molar-refractivity contribution in [3.8, 4) is 0 Å². The molecular weight excluding hydrogens is 595 g/mol. The normalized spacial score (nSPS) is 37.5. The smallest absolute Gasteiger partial charge is 0.401 e. The lowest BCUT2D eigenvalue weighted by Gasteiger charge is -2.46. The van der Waals surface area contributed by atoms with Crippen molar-refractivity contribution in [3.63, 3.8) is 0 Å². The summed E-state index contributed by atoms with van der Waals surface area (Å²) < 4.78 is 63.5. The number of halogens is 3. The van der Waals surface area contributed by atoms with Gasteiger partial charge in [-0.3, -0.25) is 19.4 Å². The summed E-state index contributed by atoms with van der Waals surface area (Å²) in [6.07, 6.45) is -4.45. The van der Waals surface area contributed by atoms with Gasteiger partial charge in [-0.15, -0.1) is 0 Å². The number of methoxy groups -OCH3 is 1. The number of ether oxygens (including phenoxy) is 4. The van der Waals surface area contributed by atoms with E-state index in [0.717, 1.165) is 0 Å². The first kappa shape index (κ1) is 38.1. The third-order valence-electron chi connectivity index (χ3n) is 10.3. The van der Waals surface area contributed by atoms with Gasteiger partial charge in [-0.1, -0.05) is 6.92 Å².